The maximum absolute atomic E-state index is 12.4. The van der Waals surface area contributed by atoms with E-state index in [0.29, 0.717) is 0 Å². The van der Waals surface area contributed by atoms with Crippen molar-refractivity contribution in [3.8, 4) is 0 Å². The molecule has 8 heteroatoms. The molecule has 0 fully saturated rings. The van der Waals surface area contributed by atoms with E-state index in [4.69, 9.17) is 10.8 Å². The Balaban J connectivity index is 3.38. The van der Waals surface area contributed by atoms with Crippen molar-refractivity contribution in [3.05, 3.63) is 29.3 Å². The number of hydrogen-bond donors (Lipinski definition) is 2. The van der Waals surface area contributed by atoms with Crippen molar-refractivity contribution in [2.75, 3.05) is 13.1 Å². The molecule has 20 heavy (non-hydrogen) atoms. The van der Waals surface area contributed by atoms with Crippen molar-refractivity contribution in [3.63, 3.8) is 0 Å². The zero-order valence-corrected chi connectivity index (χ0v) is 12.0. The fourth-order valence-electron chi connectivity index (χ4n) is 1.81. The number of nitrogens with two attached hydrogens (primary N) is 1. The molecule has 1 rings (SSSR count). The molecule has 0 aliphatic rings. The predicted octanol–water partition coefficient (Wildman–Crippen LogP) is 0.189. The van der Waals surface area contributed by atoms with E-state index in [1.807, 2.05) is 0 Å². The molecule has 0 unspecified atom stereocenters. The maximum atomic E-state index is 12.4. The molecule has 0 atom stereocenters. The van der Waals surface area contributed by atoms with Crippen LogP contribution in [0.3, 0.4) is 0 Å². The lowest BCUT2D eigenvalue weighted by molar-refractivity contribution is -0.118. The smallest absolute Gasteiger partial charge is 0.335 e. The van der Waals surface area contributed by atoms with Gasteiger partial charge in [0.15, 0.2) is 0 Å². The Morgan fingerprint density at radius 1 is 1.35 bits per heavy atom. The zero-order chi connectivity index (χ0) is 15.5. The van der Waals surface area contributed by atoms with Crippen molar-refractivity contribution in [1.29, 1.82) is 0 Å². The van der Waals surface area contributed by atoms with Crippen molar-refractivity contribution in [2.45, 2.75) is 18.7 Å². The number of amides is 1. The van der Waals surface area contributed by atoms with Gasteiger partial charge in [-0.25, -0.2) is 13.2 Å². The first-order valence-electron chi connectivity index (χ1n) is 5.83. The number of likely N-dealkylation sites (N-methyl/N-ethyl adjacent to an activating group) is 1. The molecule has 0 aliphatic heterocycles. The first-order valence-corrected chi connectivity index (χ1v) is 7.27. The minimum Gasteiger partial charge on any atom is -0.478 e. The van der Waals surface area contributed by atoms with Crippen LogP contribution in [-0.2, 0) is 14.8 Å². The Morgan fingerprint density at radius 3 is 2.40 bits per heavy atom. The van der Waals surface area contributed by atoms with Crippen LogP contribution >= 0.6 is 0 Å². The van der Waals surface area contributed by atoms with Crippen LogP contribution in [0.5, 0.6) is 0 Å². The number of carboxylic acid groups (broad SMARTS) is 1. The van der Waals surface area contributed by atoms with Crippen LogP contribution in [0.4, 0.5) is 0 Å². The number of carboxylic acids is 1. The van der Waals surface area contributed by atoms with Gasteiger partial charge >= 0.3 is 5.97 Å². The Morgan fingerprint density at radius 2 is 1.95 bits per heavy atom. The lowest BCUT2D eigenvalue weighted by Gasteiger charge is -2.20. The molecule has 3 N–H and O–H groups in total. The summed E-state index contributed by atoms with van der Waals surface area (Å²) in [5, 5.41) is 9.01. The van der Waals surface area contributed by atoms with Crippen LogP contribution in [-0.4, -0.2) is 42.8 Å². The molecule has 0 bridgehead atoms. The summed E-state index contributed by atoms with van der Waals surface area (Å²) in [6.07, 6.45) is 0. The standard InChI is InChI=1S/C12H16N2O5S/c1-3-14(7-11(13)15)20(18,19)10-6-4-5-9(8(10)2)12(16)17/h4-6H,3,7H2,1-2H3,(H2,13,15)(H,16,17). The van der Waals surface area contributed by atoms with Crippen molar-refractivity contribution in [1.82, 2.24) is 4.31 Å². The zero-order valence-electron chi connectivity index (χ0n) is 11.2. The minimum absolute atomic E-state index is 0.0576. The summed E-state index contributed by atoms with van der Waals surface area (Å²) in [6.45, 7) is 2.59. The highest BCUT2D eigenvalue weighted by Crippen LogP contribution is 2.22. The molecule has 0 heterocycles. The minimum atomic E-state index is -3.96. The average Bonchev–Trinajstić information content (AvgIpc) is 2.35. The maximum Gasteiger partial charge on any atom is 0.335 e. The van der Waals surface area contributed by atoms with Gasteiger partial charge in [0, 0.05) is 6.54 Å². The molecule has 0 aliphatic carbocycles. The first-order chi connectivity index (χ1) is 9.21. The van der Waals surface area contributed by atoms with Gasteiger partial charge in [0.2, 0.25) is 15.9 Å². The molecule has 1 amide bonds. The summed E-state index contributed by atoms with van der Waals surface area (Å²) in [4.78, 5) is 21.8. The van der Waals surface area contributed by atoms with E-state index in [9.17, 15) is 18.0 Å². The number of nitrogens with zero attached hydrogens (tertiary/aromatic N) is 1. The van der Waals surface area contributed by atoms with Gasteiger partial charge in [-0.2, -0.15) is 4.31 Å². The lowest BCUT2D eigenvalue weighted by Crippen LogP contribution is -2.38. The second kappa shape index (κ2) is 6.02. The van der Waals surface area contributed by atoms with Crippen molar-refractivity contribution in [2.24, 2.45) is 5.73 Å². The van der Waals surface area contributed by atoms with E-state index in [0.717, 1.165) is 4.31 Å². The number of hydrogen-bond acceptors (Lipinski definition) is 4. The number of primary amides is 1. The monoisotopic (exact) mass is 300 g/mol. The topological polar surface area (TPSA) is 118 Å². The Labute approximate surface area is 117 Å². The quantitative estimate of drug-likeness (QED) is 0.777. The largest absolute Gasteiger partial charge is 0.478 e. The van der Waals surface area contributed by atoms with Gasteiger partial charge in [-0.05, 0) is 24.6 Å². The third-order valence-corrected chi connectivity index (χ3v) is 4.88. The predicted molar refractivity (Wildman–Crippen MR) is 71.8 cm³/mol. The lowest BCUT2D eigenvalue weighted by atomic mass is 10.1. The van der Waals surface area contributed by atoms with Gasteiger partial charge in [0.25, 0.3) is 0 Å². The highest BCUT2D eigenvalue weighted by Gasteiger charge is 2.27. The second-order valence-electron chi connectivity index (χ2n) is 4.13. The van der Waals surface area contributed by atoms with Crippen molar-refractivity contribution >= 4 is 21.9 Å². The summed E-state index contributed by atoms with van der Waals surface area (Å²) >= 11 is 0. The van der Waals surface area contributed by atoms with Crippen LogP contribution in [0.15, 0.2) is 23.1 Å². The SMILES string of the molecule is CCN(CC(N)=O)S(=O)(=O)c1cccc(C(=O)O)c1C. The number of carbonyl (C=O) groups is 2. The van der Waals surface area contributed by atoms with Crippen molar-refractivity contribution < 1.29 is 23.1 Å². The Kier molecular flexibility index (Phi) is 4.85. The third-order valence-electron chi connectivity index (χ3n) is 2.82. The van der Waals surface area contributed by atoms with E-state index < -0.39 is 28.4 Å². The van der Waals surface area contributed by atoms with E-state index in [1.54, 1.807) is 6.92 Å². The van der Waals surface area contributed by atoms with Crippen LogP contribution in [0.2, 0.25) is 0 Å². The van der Waals surface area contributed by atoms with Gasteiger partial charge in [-0.1, -0.05) is 13.0 Å². The molecule has 1 aromatic rings. The molecule has 0 saturated heterocycles. The summed E-state index contributed by atoms with van der Waals surface area (Å²) in [7, 11) is -3.96. The van der Waals surface area contributed by atoms with E-state index in [2.05, 4.69) is 0 Å². The number of benzene rings is 1. The third kappa shape index (κ3) is 3.14. The molecule has 110 valence electrons. The molecule has 1 aromatic carbocycles. The molecular formula is C12H16N2O5S. The fraction of sp³-hybridized carbons (Fsp3) is 0.333. The number of rotatable bonds is 6. The highest BCUT2D eigenvalue weighted by molar-refractivity contribution is 7.89. The first kappa shape index (κ1) is 16.1. The molecule has 0 radical (unpaired) electrons. The van der Waals surface area contributed by atoms with Gasteiger partial charge in [-0.15, -0.1) is 0 Å². The number of sulfonamides is 1. The molecule has 0 saturated carbocycles. The van der Waals surface area contributed by atoms with Gasteiger partial charge in [0.05, 0.1) is 17.0 Å². The summed E-state index contributed by atoms with van der Waals surface area (Å²) < 4.78 is 25.7. The second-order valence-corrected chi connectivity index (χ2v) is 6.04. The normalized spacial score (nSPS) is 11.6. The van der Waals surface area contributed by atoms with Crippen LogP contribution in [0.25, 0.3) is 0 Å². The highest BCUT2D eigenvalue weighted by atomic mass is 32.2. The summed E-state index contributed by atoms with van der Waals surface area (Å²) in [5.74, 6) is -1.99. The molecular weight excluding hydrogens is 284 g/mol. The molecule has 0 spiro atoms. The average molecular weight is 300 g/mol. The van der Waals surface area contributed by atoms with Gasteiger partial charge in [0.1, 0.15) is 0 Å². The van der Waals surface area contributed by atoms with Gasteiger partial charge in [-0.3, -0.25) is 4.79 Å². The van der Waals surface area contributed by atoms with Gasteiger partial charge < -0.3 is 10.8 Å². The summed E-state index contributed by atoms with van der Waals surface area (Å²) in [6, 6.07) is 3.98. The van der Waals surface area contributed by atoms with Crippen LogP contribution in [0, 0.1) is 6.92 Å². The van der Waals surface area contributed by atoms with E-state index >= 15 is 0 Å². The van der Waals surface area contributed by atoms with E-state index in [1.165, 1.54) is 25.1 Å². The van der Waals surface area contributed by atoms with Crippen LogP contribution < -0.4 is 5.73 Å². The number of aromatic carboxylic acids is 1. The number of carbonyl (C=O) groups excluding carboxylic acids is 1. The van der Waals surface area contributed by atoms with Crippen LogP contribution in [0.1, 0.15) is 22.8 Å². The van der Waals surface area contributed by atoms with E-state index in [-0.39, 0.29) is 22.6 Å². The Hall–Kier alpha value is -1.93. The summed E-state index contributed by atoms with van der Waals surface area (Å²) in [5.41, 5.74) is 5.05. The molecule has 0 aromatic heterocycles. The fourth-order valence-corrected chi connectivity index (χ4v) is 3.47. The Bertz CT molecular complexity index is 639. The molecule has 7 nitrogen and oxygen atoms in total.